The first-order valence-electron chi connectivity index (χ1n) is 7.61. The Hall–Kier alpha value is -1.36. The van der Waals surface area contributed by atoms with Crippen LogP contribution >= 0.6 is 0 Å². The van der Waals surface area contributed by atoms with Gasteiger partial charge >= 0.3 is 0 Å². The van der Waals surface area contributed by atoms with Crippen molar-refractivity contribution >= 4 is 11.6 Å². The van der Waals surface area contributed by atoms with Gasteiger partial charge in [0.1, 0.15) is 17.5 Å². The highest BCUT2D eigenvalue weighted by atomic mass is 16.5. The molecule has 0 aliphatic carbocycles. The van der Waals surface area contributed by atoms with Gasteiger partial charge in [-0.15, -0.1) is 0 Å². The molecular formula is C15H26N4O. The summed E-state index contributed by atoms with van der Waals surface area (Å²) in [5, 5.41) is 3.19. The van der Waals surface area contributed by atoms with Gasteiger partial charge in [0, 0.05) is 32.1 Å². The first-order valence-corrected chi connectivity index (χ1v) is 7.61. The molecule has 2 heterocycles. The van der Waals surface area contributed by atoms with E-state index in [-0.39, 0.29) is 0 Å². The Bertz CT molecular complexity index is 450. The molecule has 0 radical (unpaired) electrons. The summed E-state index contributed by atoms with van der Waals surface area (Å²) in [6, 6.07) is 0. The lowest BCUT2D eigenvalue weighted by Gasteiger charge is -2.34. The molecule has 0 aromatic carbocycles. The van der Waals surface area contributed by atoms with E-state index in [9.17, 15) is 0 Å². The number of rotatable bonds is 5. The third-order valence-electron chi connectivity index (χ3n) is 3.77. The van der Waals surface area contributed by atoms with Crippen molar-refractivity contribution in [1.29, 1.82) is 0 Å². The zero-order chi connectivity index (χ0) is 14.5. The normalized spacial score (nSPS) is 19.2. The number of morpholine rings is 1. The van der Waals surface area contributed by atoms with Crippen LogP contribution in [0.3, 0.4) is 0 Å². The molecule has 20 heavy (non-hydrogen) atoms. The Morgan fingerprint density at radius 2 is 2.15 bits per heavy atom. The van der Waals surface area contributed by atoms with Gasteiger partial charge in [0.25, 0.3) is 0 Å². The lowest BCUT2D eigenvalue weighted by Crippen LogP contribution is -2.43. The SMILES string of the molecule is CCCc1nc(NC)c(C)c(N2CCOC(CC)C2)n1. The van der Waals surface area contributed by atoms with Crippen LogP contribution in [0, 0.1) is 6.92 Å². The minimum Gasteiger partial charge on any atom is -0.375 e. The molecule has 1 aromatic heterocycles. The monoisotopic (exact) mass is 278 g/mol. The number of hydrogen-bond acceptors (Lipinski definition) is 5. The van der Waals surface area contributed by atoms with E-state index in [0.717, 1.165) is 62.0 Å². The van der Waals surface area contributed by atoms with Crippen LogP contribution in [-0.2, 0) is 11.2 Å². The molecule has 0 amide bonds. The maximum Gasteiger partial charge on any atom is 0.137 e. The molecule has 1 saturated heterocycles. The third kappa shape index (κ3) is 3.20. The number of ether oxygens (including phenoxy) is 1. The van der Waals surface area contributed by atoms with E-state index >= 15 is 0 Å². The standard InChI is InChI=1S/C15H26N4O/c1-5-7-13-17-14(16-4)11(3)15(18-13)19-8-9-20-12(6-2)10-19/h12H,5-10H2,1-4H3,(H,16,17,18). The Labute approximate surface area is 121 Å². The Morgan fingerprint density at radius 1 is 1.35 bits per heavy atom. The van der Waals surface area contributed by atoms with Gasteiger partial charge in [-0.2, -0.15) is 0 Å². The second kappa shape index (κ2) is 6.88. The summed E-state index contributed by atoms with van der Waals surface area (Å²) in [6.07, 6.45) is 3.34. The lowest BCUT2D eigenvalue weighted by atomic mass is 10.2. The molecular weight excluding hydrogens is 252 g/mol. The van der Waals surface area contributed by atoms with Crippen LogP contribution in [-0.4, -0.2) is 42.8 Å². The zero-order valence-electron chi connectivity index (χ0n) is 13.1. The van der Waals surface area contributed by atoms with E-state index in [2.05, 4.69) is 36.0 Å². The molecule has 1 aromatic rings. The Balaban J connectivity index is 2.31. The topological polar surface area (TPSA) is 50.3 Å². The van der Waals surface area contributed by atoms with Crippen LogP contribution < -0.4 is 10.2 Å². The zero-order valence-corrected chi connectivity index (χ0v) is 13.1. The summed E-state index contributed by atoms with van der Waals surface area (Å²) in [5.74, 6) is 2.93. The first-order chi connectivity index (χ1) is 9.69. The van der Waals surface area contributed by atoms with Gasteiger partial charge in [-0.3, -0.25) is 0 Å². The molecule has 0 saturated carbocycles. The predicted molar refractivity (Wildman–Crippen MR) is 82.6 cm³/mol. The van der Waals surface area contributed by atoms with E-state index in [0.29, 0.717) is 6.10 Å². The highest BCUT2D eigenvalue weighted by Gasteiger charge is 2.23. The molecule has 1 fully saturated rings. The molecule has 1 aliphatic heterocycles. The fourth-order valence-corrected chi connectivity index (χ4v) is 2.60. The molecule has 112 valence electrons. The number of nitrogens with zero attached hydrogens (tertiary/aromatic N) is 3. The minimum absolute atomic E-state index is 0.311. The van der Waals surface area contributed by atoms with Gasteiger partial charge in [0.05, 0.1) is 12.7 Å². The van der Waals surface area contributed by atoms with Crippen LogP contribution in [0.1, 0.15) is 38.1 Å². The van der Waals surface area contributed by atoms with Crippen molar-refractivity contribution in [3.8, 4) is 0 Å². The van der Waals surface area contributed by atoms with Gasteiger partial charge in [-0.1, -0.05) is 13.8 Å². The van der Waals surface area contributed by atoms with Crippen molar-refractivity contribution in [2.75, 3.05) is 37.0 Å². The van der Waals surface area contributed by atoms with Crippen molar-refractivity contribution in [2.24, 2.45) is 0 Å². The predicted octanol–water partition coefficient (Wildman–Crippen LogP) is 2.39. The molecule has 1 unspecified atom stereocenters. The molecule has 5 nitrogen and oxygen atoms in total. The van der Waals surface area contributed by atoms with Crippen molar-refractivity contribution in [2.45, 2.75) is 46.1 Å². The van der Waals surface area contributed by atoms with E-state index in [1.807, 2.05) is 7.05 Å². The molecule has 1 atom stereocenters. The number of aryl methyl sites for hydroxylation is 1. The van der Waals surface area contributed by atoms with E-state index in [1.165, 1.54) is 0 Å². The molecule has 1 N–H and O–H groups in total. The number of hydrogen-bond donors (Lipinski definition) is 1. The van der Waals surface area contributed by atoms with E-state index in [4.69, 9.17) is 9.72 Å². The van der Waals surface area contributed by atoms with Gasteiger partial charge < -0.3 is 15.0 Å². The molecule has 0 spiro atoms. The average Bonchev–Trinajstić information content (AvgIpc) is 2.49. The highest BCUT2D eigenvalue weighted by molar-refractivity contribution is 5.58. The second-order valence-electron chi connectivity index (χ2n) is 5.28. The summed E-state index contributed by atoms with van der Waals surface area (Å²) < 4.78 is 5.75. The van der Waals surface area contributed by atoms with E-state index in [1.54, 1.807) is 0 Å². The summed E-state index contributed by atoms with van der Waals surface area (Å²) in [5.41, 5.74) is 1.13. The van der Waals surface area contributed by atoms with Crippen LogP contribution in [0.25, 0.3) is 0 Å². The van der Waals surface area contributed by atoms with Gasteiger partial charge in [0.15, 0.2) is 0 Å². The maximum atomic E-state index is 5.75. The molecule has 5 heteroatoms. The number of nitrogens with one attached hydrogen (secondary N) is 1. The highest BCUT2D eigenvalue weighted by Crippen LogP contribution is 2.25. The summed E-state index contributed by atoms with van der Waals surface area (Å²) in [4.78, 5) is 11.7. The first kappa shape index (κ1) is 15.0. The van der Waals surface area contributed by atoms with Crippen LogP contribution in [0.2, 0.25) is 0 Å². The smallest absolute Gasteiger partial charge is 0.137 e. The fourth-order valence-electron chi connectivity index (χ4n) is 2.60. The van der Waals surface area contributed by atoms with Crippen molar-refractivity contribution in [3.63, 3.8) is 0 Å². The van der Waals surface area contributed by atoms with Crippen molar-refractivity contribution in [3.05, 3.63) is 11.4 Å². The Kier molecular flexibility index (Phi) is 5.17. The maximum absolute atomic E-state index is 5.75. The minimum atomic E-state index is 0.311. The summed E-state index contributed by atoms with van der Waals surface area (Å²) >= 11 is 0. The summed E-state index contributed by atoms with van der Waals surface area (Å²) in [6.45, 7) is 9.02. The van der Waals surface area contributed by atoms with Gasteiger partial charge in [-0.05, 0) is 19.8 Å². The van der Waals surface area contributed by atoms with Crippen LogP contribution in [0.5, 0.6) is 0 Å². The van der Waals surface area contributed by atoms with Crippen molar-refractivity contribution in [1.82, 2.24) is 9.97 Å². The molecule has 0 bridgehead atoms. The van der Waals surface area contributed by atoms with Crippen molar-refractivity contribution < 1.29 is 4.74 Å². The summed E-state index contributed by atoms with van der Waals surface area (Å²) in [7, 11) is 1.92. The lowest BCUT2D eigenvalue weighted by molar-refractivity contribution is 0.0381. The fraction of sp³-hybridized carbons (Fsp3) is 0.733. The second-order valence-corrected chi connectivity index (χ2v) is 5.28. The Morgan fingerprint density at radius 3 is 2.80 bits per heavy atom. The molecule has 2 rings (SSSR count). The number of anilines is 2. The largest absolute Gasteiger partial charge is 0.375 e. The van der Waals surface area contributed by atoms with Crippen LogP contribution in [0.15, 0.2) is 0 Å². The van der Waals surface area contributed by atoms with Crippen LogP contribution in [0.4, 0.5) is 11.6 Å². The molecule has 1 aliphatic rings. The van der Waals surface area contributed by atoms with Gasteiger partial charge in [0.2, 0.25) is 0 Å². The third-order valence-corrected chi connectivity index (χ3v) is 3.77. The quantitative estimate of drug-likeness (QED) is 0.896. The number of aromatic nitrogens is 2. The average molecular weight is 278 g/mol. The van der Waals surface area contributed by atoms with E-state index < -0.39 is 0 Å². The van der Waals surface area contributed by atoms with Gasteiger partial charge in [-0.25, -0.2) is 9.97 Å².